The summed E-state index contributed by atoms with van der Waals surface area (Å²) in [5.74, 6) is -0.963. The Morgan fingerprint density at radius 3 is 2.60 bits per heavy atom. The number of para-hydroxylation sites is 1. The number of pyridine rings is 2. The zero-order chi connectivity index (χ0) is 31.9. The number of nitrogens with one attached hydrogen (secondary N) is 3. The van der Waals surface area contributed by atoms with E-state index in [9.17, 15) is 17.6 Å². The van der Waals surface area contributed by atoms with Crippen LogP contribution in [0.5, 0.6) is 0 Å². The average molecular weight is 630 g/mol. The van der Waals surface area contributed by atoms with Gasteiger partial charge >= 0.3 is 0 Å². The lowest BCUT2D eigenvalue weighted by Crippen LogP contribution is -2.14. The molecule has 1 amide bonds. The topological polar surface area (TPSA) is 146 Å². The van der Waals surface area contributed by atoms with E-state index in [1.807, 2.05) is 13.8 Å². The van der Waals surface area contributed by atoms with Gasteiger partial charge in [-0.2, -0.15) is 5.10 Å². The number of rotatable bonds is 9. The molecule has 13 heteroatoms. The number of carbonyl (C=O) groups excluding carboxylic acids is 1. The van der Waals surface area contributed by atoms with Crippen molar-refractivity contribution >= 4 is 43.4 Å². The summed E-state index contributed by atoms with van der Waals surface area (Å²) in [6.07, 6.45) is 6.06. The van der Waals surface area contributed by atoms with Gasteiger partial charge in [0.2, 0.25) is 5.91 Å². The first-order valence-electron chi connectivity index (χ1n) is 14.2. The standard InChI is InChI=1S/C32H29F2N7O3S/c1-17(2)9-26(42)37-22-13-20(14-35-15-22)29-28(34)27-25(16-36-29)40-41-31(27)32-38-24-6-4-5-23(30(24)39-32)19-10-18(11-21(33)12-19)7-8-45(3,43)44/h4-6,10-17H,7-9H2,1-3H3,(H,37,42)(H,38,39)(H,40,41). The molecule has 0 aliphatic carbocycles. The highest BCUT2D eigenvalue weighted by Crippen LogP contribution is 2.35. The lowest BCUT2D eigenvalue weighted by atomic mass is 10.0. The fourth-order valence-electron chi connectivity index (χ4n) is 5.20. The number of aryl methyl sites for hydroxylation is 1. The SMILES string of the molecule is CC(C)CC(=O)Nc1cncc(-c2ncc3[nH]nc(-c4nc5c(-c6cc(F)cc(CCS(C)(=O)=O)c6)cccc5[nH]4)c3c2F)c1. The third kappa shape index (κ3) is 6.43. The maximum Gasteiger partial charge on any atom is 0.224 e. The summed E-state index contributed by atoms with van der Waals surface area (Å²) in [6.45, 7) is 3.88. The Bertz CT molecular complexity index is 2190. The Labute approximate surface area is 257 Å². The second-order valence-corrected chi connectivity index (χ2v) is 13.7. The van der Waals surface area contributed by atoms with Gasteiger partial charge < -0.3 is 10.3 Å². The zero-order valence-corrected chi connectivity index (χ0v) is 25.5. The molecule has 0 unspecified atom stereocenters. The Hall–Kier alpha value is -5.04. The van der Waals surface area contributed by atoms with Crippen molar-refractivity contribution in [3.63, 3.8) is 0 Å². The summed E-state index contributed by atoms with van der Waals surface area (Å²) in [6, 6.07) is 11.4. The maximum absolute atomic E-state index is 16.2. The molecule has 0 aliphatic heterocycles. The molecule has 230 valence electrons. The van der Waals surface area contributed by atoms with Gasteiger partial charge in [0, 0.05) is 30.0 Å². The smallest absolute Gasteiger partial charge is 0.224 e. The number of sulfone groups is 1. The molecule has 0 spiro atoms. The third-order valence-corrected chi connectivity index (χ3v) is 8.15. The summed E-state index contributed by atoms with van der Waals surface area (Å²) in [7, 11) is -3.23. The molecule has 0 saturated heterocycles. The van der Waals surface area contributed by atoms with E-state index < -0.39 is 21.5 Å². The Kier molecular flexibility index (Phi) is 7.87. The molecule has 45 heavy (non-hydrogen) atoms. The summed E-state index contributed by atoms with van der Waals surface area (Å²) in [4.78, 5) is 28.7. The Morgan fingerprint density at radius 1 is 1.00 bits per heavy atom. The molecule has 4 heterocycles. The van der Waals surface area contributed by atoms with E-state index in [0.29, 0.717) is 50.9 Å². The fourth-order valence-corrected chi connectivity index (χ4v) is 5.81. The van der Waals surface area contributed by atoms with Crippen LogP contribution >= 0.6 is 0 Å². The van der Waals surface area contributed by atoms with E-state index in [2.05, 4.69) is 30.5 Å². The van der Waals surface area contributed by atoms with E-state index in [1.165, 1.54) is 30.7 Å². The second-order valence-electron chi connectivity index (χ2n) is 11.4. The van der Waals surface area contributed by atoms with Crippen LogP contribution in [0.15, 0.2) is 61.1 Å². The van der Waals surface area contributed by atoms with Crippen molar-refractivity contribution in [2.45, 2.75) is 26.7 Å². The number of amides is 1. The van der Waals surface area contributed by atoms with Gasteiger partial charge in [0.1, 0.15) is 27.0 Å². The number of hydrogen-bond donors (Lipinski definition) is 3. The predicted molar refractivity (Wildman–Crippen MR) is 169 cm³/mol. The third-order valence-electron chi connectivity index (χ3n) is 7.20. The van der Waals surface area contributed by atoms with E-state index >= 15 is 4.39 Å². The van der Waals surface area contributed by atoms with Crippen LogP contribution in [0.1, 0.15) is 25.8 Å². The lowest BCUT2D eigenvalue weighted by molar-refractivity contribution is -0.116. The van der Waals surface area contributed by atoms with Crippen molar-refractivity contribution in [1.29, 1.82) is 0 Å². The molecule has 4 aromatic heterocycles. The van der Waals surface area contributed by atoms with Crippen molar-refractivity contribution in [2.75, 3.05) is 17.3 Å². The molecular weight excluding hydrogens is 600 g/mol. The number of hydrogen-bond acceptors (Lipinski definition) is 7. The molecule has 0 fully saturated rings. The minimum Gasteiger partial charge on any atom is -0.337 e. The number of halogens is 2. The monoisotopic (exact) mass is 629 g/mol. The number of H-pyrrole nitrogens is 2. The fraction of sp³-hybridized carbons (Fsp3) is 0.219. The Morgan fingerprint density at radius 2 is 1.82 bits per heavy atom. The highest BCUT2D eigenvalue weighted by molar-refractivity contribution is 7.90. The first-order valence-corrected chi connectivity index (χ1v) is 16.3. The number of fused-ring (bicyclic) bond motifs is 2. The first kappa shape index (κ1) is 30.0. The van der Waals surface area contributed by atoms with Crippen molar-refractivity contribution in [3.05, 3.63) is 78.3 Å². The molecule has 6 rings (SSSR count). The molecule has 0 bridgehead atoms. The van der Waals surface area contributed by atoms with Gasteiger partial charge in [0.25, 0.3) is 0 Å². The normalized spacial score (nSPS) is 12.0. The summed E-state index contributed by atoms with van der Waals surface area (Å²) < 4.78 is 54.2. The molecule has 10 nitrogen and oxygen atoms in total. The van der Waals surface area contributed by atoms with Crippen LogP contribution in [-0.4, -0.2) is 56.5 Å². The molecule has 2 aromatic carbocycles. The number of nitrogens with zero attached hydrogens (tertiary/aromatic N) is 4. The van der Waals surface area contributed by atoms with Gasteiger partial charge in [-0.3, -0.25) is 19.9 Å². The van der Waals surface area contributed by atoms with Crippen LogP contribution in [0.25, 0.3) is 55.8 Å². The molecular formula is C32H29F2N7O3S. The molecule has 0 atom stereocenters. The summed E-state index contributed by atoms with van der Waals surface area (Å²) in [5.41, 5.74) is 4.19. The quantitative estimate of drug-likeness (QED) is 0.176. The summed E-state index contributed by atoms with van der Waals surface area (Å²) in [5, 5.41) is 10.1. The number of benzene rings is 2. The number of aromatic amines is 2. The molecule has 0 aliphatic rings. The van der Waals surface area contributed by atoms with Crippen molar-refractivity contribution in [2.24, 2.45) is 5.92 Å². The molecule has 6 aromatic rings. The lowest BCUT2D eigenvalue weighted by Gasteiger charge is -2.09. The molecule has 0 radical (unpaired) electrons. The molecule has 0 saturated carbocycles. The van der Waals surface area contributed by atoms with Crippen LogP contribution < -0.4 is 5.32 Å². The zero-order valence-electron chi connectivity index (χ0n) is 24.6. The van der Waals surface area contributed by atoms with E-state index in [0.717, 1.165) is 6.26 Å². The average Bonchev–Trinajstić information content (AvgIpc) is 3.60. The van der Waals surface area contributed by atoms with E-state index in [1.54, 1.807) is 30.3 Å². The van der Waals surface area contributed by atoms with Crippen LogP contribution in [0.4, 0.5) is 14.5 Å². The molecule has 3 N–H and O–H groups in total. The van der Waals surface area contributed by atoms with Crippen LogP contribution in [0, 0.1) is 17.6 Å². The van der Waals surface area contributed by atoms with Gasteiger partial charge in [-0.15, -0.1) is 0 Å². The second kappa shape index (κ2) is 11.8. The van der Waals surface area contributed by atoms with Crippen molar-refractivity contribution in [3.8, 4) is 33.9 Å². The van der Waals surface area contributed by atoms with Crippen LogP contribution in [-0.2, 0) is 21.1 Å². The van der Waals surface area contributed by atoms with Crippen molar-refractivity contribution < 1.29 is 22.0 Å². The number of anilines is 1. The highest BCUT2D eigenvalue weighted by atomic mass is 32.2. The summed E-state index contributed by atoms with van der Waals surface area (Å²) >= 11 is 0. The first-order chi connectivity index (χ1) is 21.4. The van der Waals surface area contributed by atoms with Crippen LogP contribution in [0.3, 0.4) is 0 Å². The maximum atomic E-state index is 16.2. The number of aromatic nitrogens is 6. The van der Waals surface area contributed by atoms with Crippen LogP contribution in [0.2, 0.25) is 0 Å². The van der Waals surface area contributed by atoms with Gasteiger partial charge in [-0.1, -0.05) is 32.0 Å². The Balaban J connectivity index is 1.39. The van der Waals surface area contributed by atoms with Gasteiger partial charge in [0.15, 0.2) is 11.6 Å². The van der Waals surface area contributed by atoms with E-state index in [4.69, 9.17) is 4.98 Å². The van der Waals surface area contributed by atoms with Crippen molar-refractivity contribution in [1.82, 2.24) is 30.1 Å². The minimum absolute atomic E-state index is 0.0239. The van der Waals surface area contributed by atoms with Gasteiger partial charge in [-0.05, 0) is 47.7 Å². The van der Waals surface area contributed by atoms with Gasteiger partial charge in [-0.25, -0.2) is 22.2 Å². The number of carbonyl (C=O) groups is 1. The minimum atomic E-state index is -3.23. The van der Waals surface area contributed by atoms with Gasteiger partial charge in [0.05, 0.1) is 45.8 Å². The largest absolute Gasteiger partial charge is 0.337 e. The number of imidazole rings is 1. The predicted octanol–water partition coefficient (Wildman–Crippen LogP) is 6.08. The highest BCUT2D eigenvalue weighted by Gasteiger charge is 2.22. The van der Waals surface area contributed by atoms with E-state index in [-0.39, 0.29) is 46.6 Å².